The molecule has 1 aliphatic heterocycles. The first-order chi connectivity index (χ1) is 23.9. The number of thiazole rings is 1. The van der Waals surface area contributed by atoms with Gasteiger partial charge in [-0.15, -0.1) is 11.3 Å². The lowest BCUT2D eigenvalue weighted by Crippen LogP contribution is -2.47. The lowest BCUT2D eigenvalue weighted by atomic mass is 10.1. The number of rotatable bonds is 13. The van der Waals surface area contributed by atoms with Crippen molar-refractivity contribution in [3.8, 4) is 0 Å². The highest BCUT2D eigenvalue weighted by Crippen LogP contribution is 2.42. The maximum Gasteiger partial charge on any atom is 0.251 e. The number of halogens is 1. The molecule has 0 aliphatic carbocycles. The van der Waals surface area contributed by atoms with Gasteiger partial charge < -0.3 is 31.5 Å². The molecule has 1 aromatic heterocycles. The van der Waals surface area contributed by atoms with Crippen LogP contribution in [0.2, 0.25) is 0 Å². The molecule has 1 aliphatic rings. The summed E-state index contributed by atoms with van der Waals surface area (Å²) in [5, 5.41) is 15.8. The van der Waals surface area contributed by atoms with Crippen molar-refractivity contribution in [1.29, 1.82) is 0 Å². The zero-order chi connectivity index (χ0) is 37.1. The van der Waals surface area contributed by atoms with E-state index in [4.69, 9.17) is 0 Å². The molecular weight excluding hydrogens is 741 g/mol. The Hall–Kier alpha value is -3.71. The van der Waals surface area contributed by atoms with E-state index < -0.39 is 19.9 Å². The molecule has 15 heteroatoms. The van der Waals surface area contributed by atoms with E-state index in [1.807, 2.05) is 48.7 Å². The number of carbonyl (C=O) groups is 5. The second-order valence-electron chi connectivity index (χ2n) is 11.4. The maximum atomic E-state index is 13.1. The summed E-state index contributed by atoms with van der Waals surface area (Å²) < 4.78 is 0.937. The van der Waals surface area contributed by atoms with Gasteiger partial charge in [-0.2, -0.15) is 0 Å². The SMILES string of the molecule is CCC.CCNC(=O)CNC(=O)C(C)NCCNC(=O)c1cc(C(=O)NCc2ccc(Br)cc2)cc(N2CCP(C)C2=O)c1.Cc1cscn1. The summed E-state index contributed by atoms with van der Waals surface area (Å²) in [6, 6.07) is 11.8. The Morgan fingerprint density at radius 2 is 1.60 bits per heavy atom. The Balaban J connectivity index is 0.000000843. The lowest BCUT2D eigenvalue weighted by molar-refractivity contribution is -0.127. The lowest BCUT2D eigenvalue weighted by Gasteiger charge is -2.19. The van der Waals surface area contributed by atoms with Gasteiger partial charge in [0.05, 0.1) is 18.1 Å². The number of anilines is 1. The van der Waals surface area contributed by atoms with Crippen LogP contribution >= 0.6 is 35.2 Å². The van der Waals surface area contributed by atoms with Crippen LogP contribution in [0.1, 0.15) is 66.1 Å². The number of benzene rings is 2. The highest BCUT2D eigenvalue weighted by Gasteiger charge is 2.30. The molecule has 3 aromatic rings. The predicted molar refractivity (Wildman–Crippen MR) is 207 cm³/mol. The largest absolute Gasteiger partial charge is 0.355 e. The maximum absolute atomic E-state index is 13.1. The van der Waals surface area contributed by atoms with E-state index in [0.29, 0.717) is 31.9 Å². The molecular formula is C35H49BrN7O5PS. The van der Waals surface area contributed by atoms with Gasteiger partial charge >= 0.3 is 0 Å². The van der Waals surface area contributed by atoms with Crippen molar-refractivity contribution in [3.63, 3.8) is 0 Å². The second kappa shape index (κ2) is 22.9. The molecule has 2 heterocycles. The molecule has 0 bridgehead atoms. The van der Waals surface area contributed by atoms with Crippen LogP contribution in [0.25, 0.3) is 0 Å². The predicted octanol–water partition coefficient (Wildman–Crippen LogP) is 5.26. The number of aromatic nitrogens is 1. The van der Waals surface area contributed by atoms with Crippen molar-refractivity contribution in [2.75, 3.05) is 50.5 Å². The summed E-state index contributed by atoms with van der Waals surface area (Å²) in [5.74, 6) is -1.37. The third-order valence-electron chi connectivity index (χ3n) is 6.94. The third-order valence-corrected chi connectivity index (χ3v) is 9.94. The molecule has 4 rings (SSSR count). The Labute approximate surface area is 308 Å². The van der Waals surface area contributed by atoms with Gasteiger partial charge in [-0.1, -0.05) is 48.3 Å². The third kappa shape index (κ3) is 15.0. The minimum atomic E-state index is -0.792. The Kier molecular flexibility index (Phi) is 19.4. The first-order valence-electron chi connectivity index (χ1n) is 16.5. The van der Waals surface area contributed by atoms with Crippen LogP contribution in [0.3, 0.4) is 0 Å². The minimum Gasteiger partial charge on any atom is -0.355 e. The fraction of sp³-hybridized carbons (Fsp3) is 0.429. The molecule has 2 aromatic carbocycles. The number of amides is 5. The summed E-state index contributed by atoms with van der Waals surface area (Å²) >= 11 is 5.02. The highest BCUT2D eigenvalue weighted by molar-refractivity contribution is 9.10. The van der Waals surface area contributed by atoms with Crippen LogP contribution < -0.4 is 31.5 Å². The average molecular weight is 791 g/mol. The number of nitrogens with zero attached hydrogens (tertiary/aromatic N) is 2. The Bertz CT molecular complexity index is 1540. The fourth-order valence-corrected chi connectivity index (χ4v) is 6.44. The summed E-state index contributed by atoms with van der Waals surface area (Å²) in [7, 11) is -0.792. The molecule has 12 nitrogen and oxygen atoms in total. The smallest absolute Gasteiger partial charge is 0.251 e. The van der Waals surface area contributed by atoms with Crippen LogP contribution in [0.4, 0.5) is 10.5 Å². The van der Waals surface area contributed by atoms with E-state index in [0.717, 1.165) is 21.9 Å². The van der Waals surface area contributed by atoms with Crippen molar-refractivity contribution in [2.45, 2.75) is 53.6 Å². The first-order valence-corrected chi connectivity index (χ1v) is 20.2. The average Bonchev–Trinajstić information content (AvgIpc) is 3.72. The molecule has 272 valence electrons. The van der Waals surface area contributed by atoms with Gasteiger partial charge in [0.25, 0.3) is 11.8 Å². The van der Waals surface area contributed by atoms with Crippen molar-refractivity contribution in [2.24, 2.45) is 0 Å². The Morgan fingerprint density at radius 1 is 0.960 bits per heavy atom. The van der Waals surface area contributed by atoms with Crippen LogP contribution in [-0.4, -0.2) is 85.9 Å². The van der Waals surface area contributed by atoms with Gasteiger partial charge in [0.2, 0.25) is 17.5 Å². The molecule has 2 unspecified atom stereocenters. The van der Waals surface area contributed by atoms with Gasteiger partial charge in [0.1, 0.15) is 0 Å². The first kappa shape index (κ1) is 42.5. The van der Waals surface area contributed by atoms with Crippen LogP contribution in [0.5, 0.6) is 0 Å². The van der Waals surface area contributed by atoms with E-state index >= 15 is 0 Å². The van der Waals surface area contributed by atoms with Gasteiger partial charge in [-0.3, -0.25) is 29.0 Å². The zero-order valence-corrected chi connectivity index (χ0v) is 32.9. The number of aryl methyl sites for hydroxylation is 1. The summed E-state index contributed by atoms with van der Waals surface area (Å²) in [4.78, 5) is 68.1. The number of carbonyl (C=O) groups excluding carboxylic acids is 5. The van der Waals surface area contributed by atoms with E-state index in [1.54, 1.807) is 42.2 Å². The summed E-state index contributed by atoms with van der Waals surface area (Å²) in [6.07, 6.45) is 2.01. The monoisotopic (exact) mass is 789 g/mol. The number of nitrogens with one attached hydrogen (secondary N) is 5. The van der Waals surface area contributed by atoms with E-state index in [-0.39, 0.29) is 47.6 Å². The van der Waals surface area contributed by atoms with Crippen LogP contribution in [-0.2, 0) is 16.1 Å². The molecule has 1 fully saturated rings. The van der Waals surface area contributed by atoms with Gasteiger partial charge in [-0.25, -0.2) is 0 Å². The quantitative estimate of drug-likeness (QED) is 0.117. The van der Waals surface area contributed by atoms with Crippen molar-refractivity contribution >= 4 is 70.2 Å². The zero-order valence-electron chi connectivity index (χ0n) is 29.6. The van der Waals surface area contributed by atoms with Gasteiger partial charge in [-0.05, 0) is 77.4 Å². The Morgan fingerprint density at radius 3 is 2.12 bits per heavy atom. The topological polar surface area (TPSA) is 162 Å². The number of likely N-dealkylation sites (N-methyl/N-ethyl adjacent to an activating group) is 1. The highest BCUT2D eigenvalue weighted by atomic mass is 79.9. The van der Waals surface area contributed by atoms with E-state index in [1.165, 1.54) is 12.5 Å². The number of hydrogen-bond donors (Lipinski definition) is 5. The molecule has 2 atom stereocenters. The molecule has 5 amide bonds. The van der Waals surface area contributed by atoms with Crippen LogP contribution in [0.15, 0.2) is 57.8 Å². The molecule has 0 spiro atoms. The minimum absolute atomic E-state index is 0.0161. The van der Waals surface area contributed by atoms with Crippen molar-refractivity contribution < 1.29 is 24.0 Å². The number of hydrogen-bond acceptors (Lipinski definition) is 8. The molecule has 5 N–H and O–H groups in total. The fourth-order valence-electron chi connectivity index (χ4n) is 4.32. The van der Waals surface area contributed by atoms with E-state index in [2.05, 4.69) is 61.3 Å². The molecule has 1 saturated heterocycles. The second-order valence-corrected chi connectivity index (χ2v) is 15.2. The van der Waals surface area contributed by atoms with Gasteiger partial charge in [0, 0.05) is 65.1 Å². The van der Waals surface area contributed by atoms with Crippen molar-refractivity contribution in [1.82, 2.24) is 31.6 Å². The van der Waals surface area contributed by atoms with Gasteiger partial charge in [0.15, 0.2) is 0 Å². The standard InChI is InChI=1S/C28H36BrN6O5P.C4H5NS.C3H8/c1-4-30-24(36)17-34-25(37)18(2)31-9-10-32-26(38)20-13-21(15-23(14-20)35-11-12-41(3)28(35)40)27(39)33-16-19-5-7-22(29)8-6-19;1-4-2-6-3-5-4;1-3-2/h5-8,13-15,18,31H,4,9-12,16-17H2,1-3H3,(H,30,36)(H,32,38)(H,33,39)(H,34,37);2-3H,1H3;3H2,1-2H3. The molecule has 0 saturated carbocycles. The molecule has 0 radical (unpaired) electrons. The molecule has 50 heavy (non-hydrogen) atoms. The summed E-state index contributed by atoms with van der Waals surface area (Å²) in [5.41, 5.74) is 4.92. The van der Waals surface area contributed by atoms with Crippen LogP contribution in [0, 0.1) is 6.92 Å². The van der Waals surface area contributed by atoms with E-state index in [9.17, 15) is 24.0 Å². The normalized spacial score (nSPS) is 13.9. The summed E-state index contributed by atoms with van der Waals surface area (Å²) in [6.45, 7) is 13.3. The van der Waals surface area contributed by atoms with Crippen molar-refractivity contribution in [3.05, 3.63) is 80.2 Å².